The van der Waals surface area contributed by atoms with Crippen LogP contribution >= 0.6 is 0 Å². The van der Waals surface area contributed by atoms with Crippen LogP contribution in [0.1, 0.15) is 52.0 Å². The lowest BCUT2D eigenvalue weighted by molar-refractivity contribution is 0.236. The molecule has 21 heavy (non-hydrogen) atoms. The third-order valence-corrected chi connectivity index (χ3v) is 3.98. The molecule has 1 aliphatic rings. The van der Waals surface area contributed by atoms with Crippen molar-refractivity contribution in [2.45, 2.75) is 53.6 Å². The molecule has 2 rings (SSSR count). The van der Waals surface area contributed by atoms with Crippen molar-refractivity contribution >= 4 is 0 Å². The van der Waals surface area contributed by atoms with Crippen LogP contribution in [-0.2, 0) is 13.1 Å². The van der Waals surface area contributed by atoms with Crippen molar-refractivity contribution in [3.63, 3.8) is 0 Å². The largest absolute Gasteiger partial charge is 0.360 e. The zero-order valence-electron chi connectivity index (χ0n) is 13.9. The predicted octanol–water partition coefficient (Wildman–Crippen LogP) is 3.35. The Bertz CT molecular complexity index is 471. The van der Waals surface area contributed by atoms with Crippen LogP contribution < -0.4 is 5.32 Å². The average molecular weight is 291 g/mol. The Kier molecular flexibility index (Phi) is 5.59. The maximum atomic E-state index is 5.44. The number of rotatable bonds is 6. The summed E-state index contributed by atoms with van der Waals surface area (Å²) in [4.78, 5) is 2.42. The second kappa shape index (κ2) is 7.23. The van der Waals surface area contributed by atoms with Crippen LogP contribution in [0.25, 0.3) is 0 Å². The van der Waals surface area contributed by atoms with E-state index in [1.807, 2.05) is 0 Å². The first-order valence-electron chi connectivity index (χ1n) is 8.06. The van der Waals surface area contributed by atoms with Gasteiger partial charge in [0.15, 0.2) is 5.76 Å². The summed E-state index contributed by atoms with van der Waals surface area (Å²) in [5.41, 5.74) is 2.87. The van der Waals surface area contributed by atoms with E-state index in [0.717, 1.165) is 57.0 Å². The van der Waals surface area contributed by atoms with Gasteiger partial charge in [-0.25, -0.2) is 0 Å². The number of aromatic nitrogens is 1. The summed E-state index contributed by atoms with van der Waals surface area (Å²) >= 11 is 0. The van der Waals surface area contributed by atoms with Crippen LogP contribution in [0, 0.1) is 5.41 Å². The molecule has 1 N–H and O–H groups in total. The molecule has 1 aromatic rings. The molecule has 0 fully saturated rings. The first kappa shape index (κ1) is 16.2. The number of nitrogens with one attached hydrogen (secondary N) is 1. The quantitative estimate of drug-likeness (QED) is 0.644. The van der Waals surface area contributed by atoms with Crippen LogP contribution in [0.5, 0.6) is 0 Å². The second-order valence-electron chi connectivity index (χ2n) is 6.93. The molecule has 0 unspecified atom stereocenters. The molecule has 2 heterocycles. The van der Waals surface area contributed by atoms with Gasteiger partial charge in [0.05, 0.1) is 12.2 Å². The molecule has 1 aliphatic heterocycles. The van der Waals surface area contributed by atoms with E-state index < -0.39 is 0 Å². The SMILES string of the molecule is CCCNCc1cc(CN2CC=C(C(C)(C)C)CC2)on1. The number of hydrogen-bond acceptors (Lipinski definition) is 4. The Morgan fingerprint density at radius 2 is 2.19 bits per heavy atom. The maximum absolute atomic E-state index is 5.44. The number of hydrogen-bond donors (Lipinski definition) is 1. The van der Waals surface area contributed by atoms with Gasteiger partial charge in [0.2, 0.25) is 0 Å². The summed E-state index contributed by atoms with van der Waals surface area (Å²) in [5, 5.41) is 7.47. The Labute approximate surface area is 128 Å². The Morgan fingerprint density at radius 3 is 2.81 bits per heavy atom. The molecule has 0 bridgehead atoms. The van der Waals surface area contributed by atoms with Gasteiger partial charge in [-0.05, 0) is 24.8 Å². The molecule has 0 saturated carbocycles. The average Bonchev–Trinajstić information content (AvgIpc) is 2.86. The third-order valence-electron chi connectivity index (χ3n) is 3.98. The molecule has 4 nitrogen and oxygen atoms in total. The van der Waals surface area contributed by atoms with Crippen LogP contribution in [0.4, 0.5) is 0 Å². The van der Waals surface area contributed by atoms with Crippen molar-refractivity contribution < 1.29 is 4.52 Å². The van der Waals surface area contributed by atoms with Crippen LogP contribution in [0.3, 0.4) is 0 Å². The van der Waals surface area contributed by atoms with Gasteiger partial charge in [-0.1, -0.05) is 44.5 Å². The molecule has 0 aromatic carbocycles. The van der Waals surface area contributed by atoms with Gasteiger partial charge in [0.1, 0.15) is 0 Å². The zero-order chi connectivity index (χ0) is 15.3. The van der Waals surface area contributed by atoms with Crippen molar-refractivity contribution in [2.75, 3.05) is 19.6 Å². The van der Waals surface area contributed by atoms with E-state index in [-0.39, 0.29) is 0 Å². The van der Waals surface area contributed by atoms with Gasteiger partial charge in [-0.15, -0.1) is 0 Å². The molecular weight excluding hydrogens is 262 g/mol. The van der Waals surface area contributed by atoms with E-state index in [4.69, 9.17) is 4.52 Å². The maximum Gasteiger partial charge on any atom is 0.151 e. The normalized spacial score (nSPS) is 17.0. The summed E-state index contributed by atoms with van der Waals surface area (Å²) in [6.07, 6.45) is 4.67. The molecule has 0 aliphatic carbocycles. The lowest BCUT2D eigenvalue weighted by atomic mass is 9.83. The molecular formula is C17H29N3O. The molecule has 118 valence electrons. The lowest BCUT2D eigenvalue weighted by Gasteiger charge is -2.31. The van der Waals surface area contributed by atoms with Crippen molar-refractivity contribution in [2.24, 2.45) is 5.41 Å². The van der Waals surface area contributed by atoms with E-state index in [1.54, 1.807) is 5.57 Å². The highest BCUT2D eigenvalue weighted by Crippen LogP contribution is 2.30. The molecule has 0 saturated heterocycles. The highest BCUT2D eigenvalue weighted by atomic mass is 16.5. The number of nitrogens with zero attached hydrogens (tertiary/aromatic N) is 2. The Hall–Kier alpha value is -1.13. The van der Waals surface area contributed by atoms with Crippen molar-refractivity contribution in [1.29, 1.82) is 0 Å². The Balaban J connectivity index is 1.82. The molecule has 0 atom stereocenters. The smallest absolute Gasteiger partial charge is 0.151 e. The van der Waals surface area contributed by atoms with E-state index in [9.17, 15) is 0 Å². The van der Waals surface area contributed by atoms with Gasteiger partial charge >= 0.3 is 0 Å². The summed E-state index contributed by atoms with van der Waals surface area (Å²) < 4.78 is 5.44. The van der Waals surface area contributed by atoms with E-state index >= 15 is 0 Å². The standard InChI is InChI=1S/C17H29N3O/c1-5-8-18-12-15-11-16(21-19-15)13-20-9-6-14(7-10-20)17(2,3)4/h6,11,18H,5,7-10,12-13H2,1-4H3. The monoisotopic (exact) mass is 291 g/mol. The lowest BCUT2D eigenvalue weighted by Crippen LogP contribution is -2.30. The fourth-order valence-electron chi connectivity index (χ4n) is 2.66. The molecule has 0 amide bonds. The van der Waals surface area contributed by atoms with Crippen molar-refractivity contribution in [1.82, 2.24) is 15.4 Å². The fourth-order valence-corrected chi connectivity index (χ4v) is 2.66. The van der Waals surface area contributed by atoms with Gasteiger partial charge in [-0.2, -0.15) is 0 Å². The summed E-state index contributed by atoms with van der Waals surface area (Å²) in [7, 11) is 0. The Morgan fingerprint density at radius 1 is 1.38 bits per heavy atom. The van der Waals surface area contributed by atoms with E-state index in [0.29, 0.717) is 5.41 Å². The predicted molar refractivity (Wildman–Crippen MR) is 85.9 cm³/mol. The fraction of sp³-hybridized carbons (Fsp3) is 0.706. The van der Waals surface area contributed by atoms with Gasteiger partial charge < -0.3 is 9.84 Å². The van der Waals surface area contributed by atoms with Crippen LogP contribution in [0.15, 0.2) is 22.2 Å². The second-order valence-corrected chi connectivity index (χ2v) is 6.93. The minimum atomic E-state index is 0.302. The zero-order valence-corrected chi connectivity index (χ0v) is 13.9. The highest BCUT2D eigenvalue weighted by molar-refractivity contribution is 5.15. The molecule has 0 spiro atoms. The highest BCUT2D eigenvalue weighted by Gasteiger charge is 2.21. The van der Waals surface area contributed by atoms with Crippen LogP contribution in [-0.4, -0.2) is 29.7 Å². The van der Waals surface area contributed by atoms with Gasteiger partial charge in [0.25, 0.3) is 0 Å². The first-order valence-corrected chi connectivity index (χ1v) is 8.06. The van der Waals surface area contributed by atoms with Crippen molar-refractivity contribution in [3.8, 4) is 0 Å². The van der Waals surface area contributed by atoms with E-state index in [2.05, 4.69) is 55.2 Å². The van der Waals surface area contributed by atoms with Gasteiger partial charge in [-0.3, -0.25) is 4.90 Å². The summed E-state index contributed by atoms with van der Waals surface area (Å²) in [5.74, 6) is 0.968. The molecule has 0 radical (unpaired) electrons. The van der Waals surface area contributed by atoms with Gasteiger partial charge in [0, 0.05) is 25.7 Å². The summed E-state index contributed by atoms with van der Waals surface area (Å²) in [6.45, 7) is 13.8. The van der Waals surface area contributed by atoms with Crippen molar-refractivity contribution in [3.05, 3.63) is 29.2 Å². The topological polar surface area (TPSA) is 41.3 Å². The van der Waals surface area contributed by atoms with Crippen LogP contribution in [0.2, 0.25) is 0 Å². The van der Waals surface area contributed by atoms with E-state index in [1.165, 1.54) is 0 Å². The summed E-state index contributed by atoms with van der Waals surface area (Å²) in [6, 6.07) is 2.08. The minimum Gasteiger partial charge on any atom is -0.360 e. The first-order chi connectivity index (χ1) is 9.99. The molecule has 4 heteroatoms. The molecule has 1 aromatic heterocycles. The third kappa shape index (κ3) is 4.97. The minimum absolute atomic E-state index is 0.302.